The zero-order valence-electron chi connectivity index (χ0n) is 19.9. The molecule has 4 nitrogen and oxygen atoms in total. The minimum Gasteiger partial charge on any atom is -0.304 e. The van der Waals surface area contributed by atoms with Crippen LogP contribution in [0.4, 0.5) is 0 Å². The average Bonchev–Trinajstić information content (AvgIpc) is 2.35. The molecule has 0 aliphatic carbocycles. The zero-order valence-corrected chi connectivity index (χ0v) is 19.9. The molecule has 186 valence electrons. The first-order valence-corrected chi connectivity index (χ1v) is 9.71. The lowest BCUT2D eigenvalue weighted by molar-refractivity contribution is 0.153. The van der Waals surface area contributed by atoms with E-state index in [2.05, 4.69) is 89.4 Å². The molecule has 0 heterocycles. The summed E-state index contributed by atoms with van der Waals surface area (Å²) in [6.07, 6.45) is 7.66. The minimum atomic E-state index is -0.00917. The van der Waals surface area contributed by atoms with Crippen LogP contribution in [0, 0.1) is 0 Å². The number of hydrogen-bond acceptors (Lipinski definition) is 4. The van der Waals surface area contributed by atoms with Crippen LogP contribution in [-0.2, 0) is 0 Å². The molecule has 0 spiro atoms. The maximum absolute atomic E-state index is 4.47. The maximum Gasteiger partial charge on any atom is 0.0570 e. The first-order valence-electron chi connectivity index (χ1n) is 9.71. The number of aliphatic imine (C=N–C) groups is 3. The second kappa shape index (κ2) is 17.6. The molecule has 0 N–H and O–H groups in total. The summed E-state index contributed by atoms with van der Waals surface area (Å²) in [7, 11) is 4.23. The summed E-state index contributed by atoms with van der Waals surface area (Å²) in [5.41, 5.74) is 0.230. The fourth-order valence-corrected chi connectivity index (χ4v) is 3.46. The van der Waals surface area contributed by atoms with Crippen LogP contribution in [0.15, 0.2) is 15.0 Å². The second-order valence-electron chi connectivity index (χ2n) is 9.66. The molecule has 0 rings (SSSR count). The Morgan fingerprint density at radius 1 is 0.533 bits per heavy atom. The molecule has 0 aromatic carbocycles. The standard InChI is InChI=1S/C11H24N2.C11H22N2.4CH4/c1-8-12-10(2,3)9-11(4,5)13(6)7;1-7-12-10(3,4)9-11(5,6)13-8-2;;;;/h8H,9H2,1-7H3;7-8H,9H2,1-6H3;4*1H4. The van der Waals surface area contributed by atoms with Crippen molar-refractivity contribution < 1.29 is 0 Å². The van der Waals surface area contributed by atoms with E-state index >= 15 is 0 Å². The van der Waals surface area contributed by atoms with Crippen LogP contribution < -0.4 is 0 Å². The highest BCUT2D eigenvalue weighted by atomic mass is 15.1. The molecular weight excluding hydrogens is 368 g/mol. The van der Waals surface area contributed by atoms with Gasteiger partial charge in [0.1, 0.15) is 0 Å². The topological polar surface area (TPSA) is 40.3 Å². The summed E-state index contributed by atoms with van der Waals surface area (Å²) in [6, 6.07) is 0. The quantitative estimate of drug-likeness (QED) is 0.357. The minimum absolute atomic E-state index is 0. The Morgan fingerprint density at radius 3 is 0.967 bits per heavy atom. The fraction of sp³-hybridized carbons (Fsp3) is 0.885. The number of rotatable bonds is 8. The summed E-state index contributed by atoms with van der Waals surface area (Å²) in [5.74, 6) is 0. The van der Waals surface area contributed by atoms with Gasteiger partial charge < -0.3 is 4.90 Å². The molecule has 0 bridgehead atoms. The monoisotopic (exact) mass is 430 g/mol. The number of hydrogen-bond donors (Lipinski definition) is 0. The molecule has 4 heteroatoms. The molecule has 0 radical (unpaired) electrons. The Labute approximate surface area is 193 Å². The normalized spacial score (nSPS) is 12.6. The molecule has 0 aliphatic rings. The summed E-state index contributed by atoms with van der Waals surface area (Å²) in [5, 5.41) is 0. The molecule has 0 atom stereocenters. The van der Waals surface area contributed by atoms with Gasteiger partial charge in [0.15, 0.2) is 0 Å². The third kappa shape index (κ3) is 21.7. The Balaban J connectivity index is -0.0000000847. The van der Waals surface area contributed by atoms with E-state index in [9.17, 15) is 0 Å². The van der Waals surface area contributed by atoms with Gasteiger partial charge in [-0.2, -0.15) is 0 Å². The van der Waals surface area contributed by atoms with E-state index in [1.165, 1.54) is 0 Å². The zero-order chi connectivity index (χ0) is 21.2. The largest absolute Gasteiger partial charge is 0.304 e. The summed E-state index contributed by atoms with van der Waals surface area (Å²) >= 11 is 0. The van der Waals surface area contributed by atoms with E-state index in [1.807, 2.05) is 39.4 Å². The van der Waals surface area contributed by atoms with Gasteiger partial charge in [0.05, 0.1) is 16.6 Å². The van der Waals surface area contributed by atoms with Gasteiger partial charge in [0.25, 0.3) is 0 Å². The van der Waals surface area contributed by atoms with Crippen LogP contribution in [0.2, 0.25) is 0 Å². The van der Waals surface area contributed by atoms with Gasteiger partial charge in [-0.25, -0.2) is 0 Å². The van der Waals surface area contributed by atoms with E-state index in [1.54, 1.807) is 0 Å². The van der Waals surface area contributed by atoms with Crippen LogP contribution in [0.25, 0.3) is 0 Å². The van der Waals surface area contributed by atoms with Crippen LogP contribution in [0.5, 0.6) is 0 Å². The molecular formula is C26H62N4. The Bertz CT molecular complexity index is 445. The highest BCUT2D eigenvalue weighted by molar-refractivity contribution is 5.55. The van der Waals surface area contributed by atoms with Crippen molar-refractivity contribution in [3.8, 4) is 0 Å². The predicted molar refractivity (Wildman–Crippen MR) is 149 cm³/mol. The Hall–Kier alpha value is -1.03. The lowest BCUT2D eigenvalue weighted by atomic mass is 9.86. The van der Waals surface area contributed by atoms with Crippen molar-refractivity contribution >= 4 is 18.6 Å². The van der Waals surface area contributed by atoms with Crippen LogP contribution >= 0.6 is 0 Å². The summed E-state index contributed by atoms with van der Waals surface area (Å²) in [4.78, 5) is 15.6. The van der Waals surface area contributed by atoms with E-state index in [4.69, 9.17) is 0 Å². The van der Waals surface area contributed by atoms with Crippen molar-refractivity contribution in [1.29, 1.82) is 0 Å². The van der Waals surface area contributed by atoms with Crippen LogP contribution in [0.3, 0.4) is 0 Å². The lowest BCUT2D eigenvalue weighted by Gasteiger charge is -2.37. The molecule has 0 aliphatic heterocycles. The average molecular weight is 431 g/mol. The molecule has 0 saturated heterocycles. The third-order valence-electron chi connectivity index (χ3n) is 4.38. The molecule has 0 aromatic rings. The number of nitrogens with zero attached hydrogens (tertiary/aromatic N) is 4. The smallest absolute Gasteiger partial charge is 0.0570 e. The van der Waals surface area contributed by atoms with Gasteiger partial charge in [0, 0.05) is 5.54 Å². The van der Waals surface area contributed by atoms with Crippen molar-refractivity contribution in [3.05, 3.63) is 0 Å². The highest BCUT2D eigenvalue weighted by Crippen LogP contribution is 2.27. The first kappa shape index (κ1) is 43.0. The summed E-state index contributed by atoms with van der Waals surface area (Å²) in [6.45, 7) is 23.3. The van der Waals surface area contributed by atoms with Gasteiger partial charge in [-0.15, -0.1) is 0 Å². The SMILES string of the molecule is C.C.C.C.CC=NC(C)(C)CC(C)(C)N(C)C.CC=NC(C)(C)CC(C)(C)N=CC. The van der Waals surface area contributed by atoms with Gasteiger partial charge in [-0.05, 0) is 122 Å². The fourth-order valence-electron chi connectivity index (χ4n) is 3.46. The molecule has 30 heavy (non-hydrogen) atoms. The predicted octanol–water partition coefficient (Wildman–Crippen LogP) is 8.25. The van der Waals surface area contributed by atoms with E-state index in [0.717, 1.165) is 12.8 Å². The molecule has 0 fully saturated rings. The van der Waals surface area contributed by atoms with Gasteiger partial charge in [-0.3, -0.25) is 15.0 Å². The van der Waals surface area contributed by atoms with Crippen molar-refractivity contribution in [2.75, 3.05) is 14.1 Å². The maximum atomic E-state index is 4.47. The molecule has 0 aromatic heterocycles. The second-order valence-corrected chi connectivity index (χ2v) is 9.66. The van der Waals surface area contributed by atoms with Crippen LogP contribution in [0.1, 0.15) is 119 Å². The van der Waals surface area contributed by atoms with Crippen molar-refractivity contribution in [2.24, 2.45) is 15.0 Å². The molecule has 0 unspecified atom stereocenters. The van der Waals surface area contributed by atoms with Gasteiger partial charge in [-0.1, -0.05) is 29.7 Å². The van der Waals surface area contributed by atoms with Gasteiger partial charge >= 0.3 is 0 Å². The van der Waals surface area contributed by atoms with E-state index in [-0.39, 0.29) is 51.9 Å². The molecule has 0 saturated carbocycles. The Morgan fingerprint density at radius 2 is 0.767 bits per heavy atom. The summed E-state index contributed by atoms with van der Waals surface area (Å²) < 4.78 is 0. The molecule has 0 amide bonds. The highest BCUT2D eigenvalue weighted by Gasteiger charge is 2.29. The van der Waals surface area contributed by atoms with Crippen molar-refractivity contribution in [2.45, 2.75) is 141 Å². The lowest BCUT2D eigenvalue weighted by Crippen LogP contribution is -2.43. The Kier molecular flexibility index (Phi) is 25.2. The van der Waals surface area contributed by atoms with E-state index < -0.39 is 0 Å². The van der Waals surface area contributed by atoms with Crippen molar-refractivity contribution in [1.82, 2.24) is 4.90 Å². The van der Waals surface area contributed by atoms with Gasteiger partial charge in [0.2, 0.25) is 0 Å². The van der Waals surface area contributed by atoms with Crippen LogP contribution in [-0.4, -0.2) is 59.8 Å². The third-order valence-corrected chi connectivity index (χ3v) is 4.38. The first-order chi connectivity index (χ1) is 11.5. The van der Waals surface area contributed by atoms with Crippen molar-refractivity contribution in [3.63, 3.8) is 0 Å². The van der Waals surface area contributed by atoms with E-state index in [0.29, 0.717) is 0 Å².